The van der Waals surface area contributed by atoms with Crippen molar-refractivity contribution in [2.24, 2.45) is 5.92 Å². The summed E-state index contributed by atoms with van der Waals surface area (Å²) in [6.07, 6.45) is 5.48. The molecule has 1 amide bonds. The van der Waals surface area contributed by atoms with Gasteiger partial charge in [0.2, 0.25) is 5.91 Å². The number of carbonyl (C=O) groups is 1. The second kappa shape index (κ2) is 4.91. The van der Waals surface area contributed by atoms with Gasteiger partial charge in [0.25, 0.3) is 0 Å². The standard InChI is InChI=1S/C11H14BrN3O/c1-8(16)15-3-2-9(7-15)4-10-5-14-11(12)6-13-10/h5-6,9H,2-4,7H2,1H3. The van der Waals surface area contributed by atoms with Gasteiger partial charge in [0.1, 0.15) is 4.60 Å². The first-order chi connectivity index (χ1) is 7.65. The Morgan fingerprint density at radius 3 is 2.94 bits per heavy atom. The second-order valence-electron chi connectivity index (χ2n) is 4.15. The number of hydrogen-bond donors (Lipinski definition) is 0. The lowest BCUT2D eigenvalue weighted by molar-refractivity contribution is -0.127. The predicted octanol–water partition coefficient (Wildman–Crippen LogP) is 1.65. The minimum Gasteiger partial charge on any atom is -0.343 e. The van der Waals surface area contributed by atoms with Gasteiger partial charge in [-0.2, -0.15) is 0 Å². The second-order valence-corrected chi connectivity index (χ2v) is 4.97. The van der Waals surface area contributed by atoms with Crippen LogP contribution >= 0.6 is 15.9 Å². The quantitative estimate of drug-likeness (QED) is 0.829. The SMILES string of the molecule is CC(=O)N1CCC(Cc2cnc(Br)cn2)C1. The van der Waals surface area contributed by atoms with E-state index in [4.69, 9.17) is 0 Å². The van der Waals surface area contributed by atoms with Gasteiger partial charge in [-0.05, 0) is 34.7 Å². The number of carbonyl (C=O) groups excluding carboxylic acids is 1. The minimum absolute atomic E-state index is 0.171. The van der Waals surface area contributed by atoms with Gasteiger partial charge < -0.3 is 4.90 Å². The first-order valence-electron chi connectivity index (χ1n) is 5.37. The summed E-state index contributed by atoms with van der Waals surface area (Å²) in [4.78, 5) is 21.5. The Balaban J connectivity index is 1.92. The zero-order chi connectivity index (χ0) is 11.5. The highest BCUT2D eigenvalue weighted by atomic mass is 79.9. The molecule has 0 aliphatic carbocycles. The van der Waals surface area contributed by atoms with Crippen molar-refractivity contribution in [2.75, 3.05) is 13.1 Å². The normalized spacial score (nSPS) is 20.1. The van der Waals surface area contributed by atoms with Crippen LogP contribution in [0.5, 0.6) is 0 Å². The maximum absolute atomic E-state index is 11.2. The number of rotatable bonds is 2. The van der Waals surface area contributed by atoms with Crippen LogP contribution in [0, 0.1) is 5.92 Å². The Morgan fingerprint density at radius 1 is 1.56 bits per heavy atom. The molecule has 0 N–H and O–H groups in total. The van der Waals surface area contributed by atoms with E-state index in [9.17, 15) is 4.79 Å². The van der Waals surface area contributed by atoms with E-state index >= 15 is 0 Å². The molecule has 86 valence electrons. The van der Waals surface area contributed by atoms with Crippen LogP contribution < -0.4 is 0 Å². The summed E-state index contributed by atoms with van der Waals surface area (Å²) in [6, 6.07) is 0. The Hall–Kier alpha value is -0.970. The van der Waals surface area contributed by atoms with E-state index in [0.717, 1.165) is 36.2 Å². The molecule has 0 bridgehead atoms. The first-order valence-corrected chi connectivity index (χ1v) is 6.16. The van der Waals surface area contributed by atoms with E-state index < -0.39 is 0 Å². The van der Waals surface area contributed by atoms with E-state index in [1.54, 1.807) is 19.3 Å². The third kappa shape index (κ3) is 2.78. The lowest BCUT2D eigenvalue weighted by Gasteiger charge is -2.13. The lowest BCUT2D eigenvalue weighted by Crippen LogP contribution is -2.26. The molecule has 0 aromatic carbocycles. The fraction of sp³-hybridized carbons (Fsp3) is 0.545. The van der Waals surface area contributed by atoms with E-state index in [1.165, 1.54) is 0 Å². The van der Waals surface area contributed by atoms with Gasteiger partial charge >= 0.3 is 0 Å². The number of nitrogens with zero attached hydrogens (tertiary/aromatic N) is 3. The molecule has 4 nitrogen and oxygen atoms in total. The Labute approximate surface area is 103 Å². The summed E-state index contributed by atoms with van der Waals surface area (Å²) >= 11 is 3.26. The molecule has 1 aliphatic rings. The highest BCUT2D eigenvalue weighted by Gasteiger charge is 2.24. The fourth-order valence-corrected chi connectivity index (χ4v) is 2.23. The molecule has 0 saturated carbocycles. The topological polar surface area (TPSA) is 46.1 Å². The van der Waals surface area contributed by atoms with E-state index in [0.29, 0.717) is 5.92 Å². The maximum Gasteiger partial charge on any atom is 0.219 e. The van der Waals surface area contributed by atoms with Gasteiger partial charge in [-0.1, -0.05) is 0 Å². The predicted molar refractivity (Wildman–Crippen MR) is 63.8 cm³/mol. The maximum atomic E-state index is 11.2. The average Bonchev–Trinajstić information content (AvgIpc) is 2.70. The van der Waals surface area contributed by atoms with Crippen LogP contribution in [0.2, 0.25) is 0 Å². The molecule has 5 heteroatoms. The summed E-state index contributed by atoms with van der Waals surface area (Å²) < 4.78 is 0.757. The van der Waals surface area contributed by atoms with Crippen molar-refractivity contribution >= 4 is 21.8 Å². The zero-order valence-corrected chi connectivity index (χ0v) is 10.8. The van der Waals surface area contributed by atoms with Crippen LogP contribution in [0.15, 0.2) is 17.0 Å². The number of likely N-dealkylation sites (tertiary alicyclic amines) is 1. The first kappa shape index (κ1) is 11.5. The number of hydrogen-bond acceptors (Lipinski definition) is 3. The number of amides is 1. The Kier molecular flexibility index (Phi) is 3.53. The van der Waals surface area contributed by atoms with Crippen molar-refractivity contribution < 1.29 is 4.79 Å². The van der Waals surface area contributed by atoms with Gasteiger partial charge in [0.15, 0.2) is 0 Å². The third-order valence-electron chi connectivity index (χ3n) is 2.90. The monoisotopic (exact) mass is 283 g/mol. The van der Waals surface area contributed by atoms with Crippen molar-refractivity contribution in [2.45, 2.75) is 19.8 Å². The van der Waals surface area contributed by atoms with Gasteiger partial charge in [0.05, 0.1) is 11.9 Å². The molecule has 1 aliphatic heterocycles. The van der Waals surface area contributed by atoms with Crippen molar-refractivity contribution in [3.63, 3.8) is 0 Å². The van der Waals surface area contributed by atoms with E-state index in [-0.39, 0.29) is 5.91 Å². The van der Waals surface area contributed by atoms with Gasteiger partial charge in [-0.15, -0.1) is 0 Å². The van der Waals surface area contributed by atoms with Crippen LogP contribution in [0.3, 0.4) is 0 Å². The van der Waals surface area contributed by atoms with Gasteiger partial charge in [-0.25, -0.2) is 4.98 Å². The van der Waals surface area contributed by atoms with Crippen LogP contribution in [0.4, 0.5) is 0 Å². The molecule has 0 radical (unpaired) electrons. The molecule has 0 spiro atoms. The Morgan fingerprint density at radius 2 is 2.38 bits per heavy atom. The van der Waals surface area contributed by atoms with Crippen molar-refractivity contribution in [3.05, 3.63) is 22.7 Å². The summed E-state index contributed by atoms with van der Waals surface area (Å²) in [7, 11) is 0. The molecular weight excluding hydrogens is 270 g/mol. The highest BCUT2D eigenvalue weighted by molar-refractivity contribution is 9.10. The van der Waals surface area contributed by atoms with Crippen LogP contribution in [-0.4, -0.2) is 33.9 Å². The average molecular weight is 284 g/mol. The van der Waals surface area contributed by atoms with Crippen LogP contribution in [0.1, 0.15) is 19.0 Å². The summed E-state index contributed by atoms with van der Waals surface area (Å²) in [5.41, 5.74) is 0.999. The van der Waals surface area contributed by atoms with Crippen LogP contribution in [-0.2, 0) is 11.2 Å². The third-order valence-corrected chi connectivity index (χ3v) is 3.31. The molecule has 1 fully saturated rings. The summed E-state index contributed by atoms with van der Waals surface area (Å²) in [5, 5.41) is 0. The summed E-state index contributed by atoms with van der Waals surface area (Å²) in [5.74, 6) is 0.698. The van der Waals surface area contributed by atoms with E-state index in [2.05, 4.69) is 25.9 Å². The van der Waals surface area contributed by atoms with Gasteiger partial charge in [-0.3, -0.25) is 9.78 Å². The molecular formula is C11H14BrN3O. The summed E-state index contributed by atoms with van der Waals surface area (Å²) in [6.45, 7) is 3.36. The molecule has 1 aromatic rings. The number of halogens is 1. The zero-order valence-electron chi connectivity index (χ0n) is 9.19. The minimum atomic E-state index is 0.171. The van der Waals surface area contributed by atoms with Gasteiger partial charge in [0, 0.05) is 26.2 Å². The van der Waals surface area contributed by atoms with E-state index in [1.807, 2.05) is 4.90 Å². The molecule has 1 atom stereocenters. The molecule has 1 saturated heterocycles. The molecule has 2 rings (SSSR count). The van der Waals surface area contributed by atoms with Crippen LogP contribution in [0.25, 0.3) is 0 Å². The highest BCUT2D eigenvalue weighted by Crippen LogP contribution is 2.20. The number of aromatic nitrogens is 2. The smallest absolute Gasteiger partial charge is 0.219 e. The lowest BCUT2D eigenvalue weighted by atomic mass is 10.0. The fourth-order valence-electron chi connectivity index (χ4n) is 2.03. The Bertz CT molecular complexity index is 379. The van der Waals surface area contributed by atoms with Crippen molar-refractivity contribution in [3.8, 4) is 0 Å². The molecule has 1 unspecified atom stereocenters. The molecule has 16 heavy (non-hydrogen) atoms. The van der Waals surface area contributed by atoms with Crippen molar-refractivity contribution in [1.82, 2.24) is 14.9 Å². The molecule has 1 aromatic heterocycles. The molecule has 2 heterocycles. The largest absolute Gasteiger partial charge is 0.343 e. The van der Waals surface area contributed by atoms with Crippen molar-refractivity contribution in [1.29, 1.82) is 0 Å².